The first kappa shape index (κ1) is 24.7. The Morgan fingerprint density at radius 2 is 1.64 bits per heavy atom. The van der Waals surface area contributed by atoms with E-state index in [9.17, 15) is 17.6 Å². The maximum atomic E-state index is 13.4. The Labute approximate surface area is 194 Å². The van der Waals surface area contributed by atoms with Gasteiger partial charge in [0.15, 0.2) is 0 Å². The number of nitrogens with zero attached hydrogens (tertiary/aromatic N) is 2. The number of hydrogen-bond acceptors (Lipinski definition) is 4. The lowest BCUT2D eigenvalue weighted by Crippen LogP contribution is -2.51. The van der Waals surface area contributed by atoms with Crippen molar-refractivity contribution in [3.63, 3.8) is 0 Å². The number of rotatable bonds is 9. The molecule has 176 valence electrons. The van der Waals surface area contributed by atoms with E-state index < -0.39 is 21.4 Å². The van der Waals surface area contributed by atoms with Crippen LogP contribution >= 0.6 is 0 Å². The highest BCUT2D eigenvalue weighted by Crippen LogP contribution is 2.25. The molecule has 33 heavy (non-hydrogen) atoms. The third-order valence-electron chi connectivity index (χ3n) is 5.22. The van der Waals surface area contributed by atoms with Crippen molar-refractivity contribution in [2.24, 2.45) is 0 Å². The minimum absolute atomic E-state index is 0.0616. The summed E-state index contributed by atoms with van der Waals surface area (Å²) in [6.45, 7) is 5.46. The molecule has 0 spiro atoms. The largest absolute Gasteiger partial charge is 0.467 e. The summed E-state index contributed by atoms with van der Waals surface area (Å²) in [7, 11) is -4.04. The van der Waals surface area contributed by atoms with Gasteiger partial charge in [-0.05, 0) is 69.2 Å². The summed E-state index contributed by atoms with van der Waals surface area (Å²) in [5.74, 6) is -0.263. The second kappa shape index (κ2) is 10.3. The first-order chi connectivity index (χ1) is 15.6. The zero-order valence-corrected chi connectivity index (χ0v) is 19.9. The van der Waals surface area contributed by atoms with Crippen molar-refractivity contribution in [2.45, 2.75) is 44.2 Å². The van der Waals surface area contributed by atoms with Crippen molar-refractivity contribution >= 4 is 15.9 Å². The van der Waals surface area contributed by atoms with Crippen LogP contribution in [0.15, 0.2) is 82.3 Å². The molecule has 8 heteroatoms. The number of sulfonamides is 1. The summed E-state index contributed by atoms with van der Waals surface area (Å²) in [5.41, 5.74) is 0.194. The van der Waals surface area contributed by atoms with Crippen LogP contribution in [0.3, 0.4) is 0 Å². The van der Waals surface area contributed by atoms with Crippen LogP contribution in [-0.2, 0) is 27.8 Å². The summed E-state index contributed by atoms with van der Waals surface area (Å²) in [6.07, 6.45) is 2.16. The van der Waals surface area contributed by atoms with Crippen LogP contribution in [0.4, 0.5) is 4.39 Å². The molecule has 0 radical (unpaired) electrons. The molecular weight excluding hydrogens is 443 g/mol. The van der Waals surface area contributed by atoms with Gasteiger partial charge in [-0.25, -0.2) is 12.8 Å². The molecule has 0 aliphatic carbocycles. The molecule has 0 saturated heterocycles. The van der Waals surface area contributed by atoms with E-state index in [0.717, 1.165) is 22.0 Å². The van der Waals surface area contributed by atoms with E-state index in [1.165, 1.54) is 18.4 Å². The van der Waals surface area contributed by atoms with Crippen LogP contribution in [0.1, 0.15) is 32.1 Å². The Balaban J connectivity index is 1.85. The van der Waals surface area contributed by atoms with E-state index in [-0.39, 0.29) is 23.9 Å². The predicted octanol–water partition coefficient (Wildman–Crippen LogP) is 4.48. The van der Waals surface area contributed by atoms with Gasteiger partial charge < -0.3 is 9.32 Å². The van der Waals surface area contributed by atoms with Crippen molar-refractivity contribution in [3.05, 3.63) is 90.1 Å². The van der Waals surface area contributed by atoms with Gasteiger partial charge in [0.2, 0.25) is 15.9 Å². The number of carbonyl (C=O) groups is 1. The van der Waals surface area contributed by atoms with Crippen LogP contribution in [0, 0.1) is 5.82 Å². The SMILES string of the molecule is CC(C)(C)N(CC(=O)N(CCc1ccccc1)Cc1ccco1)S(=O)(=O)c1ccc(F)cc1. The summed E-state index contributed by atoms with van der Waals surface area (Å²) in [5, 5.41) is 0. The van der Waals surface area contributed by atoms with Crippen molar-refractivity contribution in [2.75, 3.05) is 13.1 Å². The lowest BCUT2D eigenvalue weighted by atomic mass is 10.1. The molecule has 0 bridgehead atoms. The molecule has 2 aromatic carbocycles. The molecule has 6 nitrogen and oxygen atoms in total. The van der Waals surface area contributed by atoms with Crippen molar-refractivity contribution < 1.29 is 22.0 Å². The molecule has 0 unspecified atom stereocenters. The fourth-order valence-electron chi connectivity index (χ4n) is 3.43. The van der Waals surface area contributed by atoms with Crippen molar-refractivity contribution in [1.29, 1.82) is 0 Å². The maximum absolute atomic E-state index is 13.4. The molecule has 1 amide bonds. The van der Waals surface area contributed by atoms with E-state index in [2.05, 4.69) is 0 Å². The van der Waals surface area contributed by atoms with Crippen LogP contribution in [0.5, 0.6) is 0 Å². The molecule has 3 rings (SSSR count). The van der Waals surface area contributed by atoms with Gasteiger partial charge >= 0.3 is 0 Å². The van der Waals surface area contributed by atoms with Gasteiger partial charge in [0.1, 0.15) is 11.6 Å². The van der Waals surface area contributed by atoms with Crippen LogP contribution in [0.25, 0.3) is 0 Å². The van der Waals surface area contributed by atoms with Crippen molar-refractivity contribution in [1.82, 2.24) is 9.21 Å². The number of furan rings is 1. The van der Waals surface area contributed by atoms with Gasteiger partial charge in [0, 0.05) is 12.1 Å². The predicted molar refractivity (Wildman–Crippen MR) is 124 cm³/mol. The van der Waals surface area contributed by atoms with Crippen LogP contribution in [0.2, 0.25) is 0 Å². The lowest BCUT2D eigenvalue weighted by molar-refractivity contribution is -0.133. The number of hydrogen-bond donors (Lipinski definition) is 0. The maximum Gasteiger partial charge on any atom is 0.244 e. The molecule has 0 aliphatic rings. The minimum atomic E-state index is -4.04. The third-order valence-corrected chi connectivity index (χ3v) is 7.35. The van der Waals surface area contributed by atoms with Crippen LogP contribution < -0.4 is 0 Å². The molecule has 0 atom stereocenters. The molecule has 0 saturated carbocycles. The molecule has 1 heterocycles. The summed E-state index contributed by atoms with van der Waals surface area (Å²) in [6, 6.07) is 17.9. The average molecular weight is 473 g/mol. The highest BCUT2D eigenvalue weighted by atomic mass is 32.2. The molecule has 0 fully saturated rings. The Hall–Kier alpha value is -2.97. The number of amides is 1. The summed E-state index contributed by atoms with van der Waals surface area (Å²) < 4.78 is 46.7. The molecule has 1 aromatic heterocycles. The fourth-order valence-corrected chi connectivity index (χ4v) is 5.17. The smallest absolute Gasteiger partial charge is 0.244 e. The Morgan fingerprint density at radius 1 is 0.970 bits per heavy atom. The monoisotopic (exact) mass is 472 g/mol. The number of carbonyl (C=O) groups excluding carboxylic acids is 1. The molecule has 0 N–H and O–H groups in total. The average Bonchev–Trinajstić information content (AvgIpc) is 3.28. The second-order valence-corrected chi connectivity index (χ2v) is 10.6. The minimum Gasteiger partial charge on any atom is -0.467 e. The normalized spacial score (nSPS) is 12.2. The topological polar surface area (TPSA) is 70.8 Å². The Bertz CT molecular complexity index is 1140. The highest BCUT2D eigenvalue weighted by molar-refractivity contribution is 7.89. The van der Waals surface area contributed by atoms with Crippen LogP contribution in [-0.4, -0.2) is 42.2 Å². The van der Waals surface area contributed by atoms with E-state index in [0.29, 0.717) is 18.7 Å². The van der Waals surface area contributed by atoms with Gasteiger partial charge in [0.25, 0.3) is 0 Å². The first-order valence-corrected chi connectivity index (χ1v) is 12.1. The van der Waals surface area contributed by atoms with E-state index in [1.807, 2.05) is 30.3 Å². The zero-order chi connectivity index (χ0) is 24.1. The standard InChI is InChI=1S/C25H29FN2O4S/c1-25(2,3)28(33(30,31)23-13-11-21(26)12-14-23)19-24(29)27(18-22-10-7-17-32-22)16-15-20-8-5-4-6-9-20/h4-14,17H,15-16,18-19H2,1-3H3. The first-order valence-electron chi connectivity index (χ1n) is 10.7. The fraction of sp³-hybridized carbons (Fsp3) is 0.320. The number of halogens is 1. The summed E-state index contributed by atoms with van der Waals surface area (Å²) >= 11 is 0. The quantitative estimate of drug-likeness (QED) is 0.460. The lowest BCUT2D eigenvalue weighted by Gasteiger charge is -2.35. The van der Waals surface area contributed by atoms with Gasteiger partial charge in [-0.15, -0.1) is 0 Å². The second-order valence-electron chi connectivity index (χ2n) is 8.77. The van der Waals surface area contributed by atoms with E-state index in [1.54, 1.807) is 37.8 Å². The summed E-state index contributed by atoms with van der Waals surface area (Å²) in [4.78, 5) is 14.9. The van der Waals surface area contributed by atoms with Gasteiger partial charge in [0.05, 0.1) is 24.2 Å². The molecule has 3 aromatic rings. The Kier molecular flexibility index (Phi) is 7.71. The van der Waals surface area contributed by atoms with Gasteiger partial charge in [-0.3, -0.25) is 4.79 Å². The third kappa shape index (κ3) is 6.52. The molecule has 0 aliphatic heterocycles. The number of benzene rings is 2. The van der Waals surface area contributed by atoms with E-state index >= 15 is 0 Å². The van der Waals surface area contributed by atoms with E-state index in [4.69, 9.17) is 4.42 Å². The highest BCUT2D eigenvalue weighted by Gasteiger charge is 2.36. The van der Waals surface area contributed by atoms with Gasteiger partial charge in [-0.1, -0.05) is 30.3 Å². The zero-order valence-electron chi connectivity index (χ0n) is 19.1. The van der Waals surface area contributed by atoms with Gasteiger partial charge in [-0.2, -0.15) is 4.31 Å². The Morgan fingerprint density at radius 3 is 2.21 bits per heavy atom. The molecular formula is C25H29FN2O4S. The van der Waals surface area contributed by atoms with Crippen molar-refractivity contribution in [3.8, 4) is 0 Å².